The van der Waals surface area contributed by atoms with Crippen molar-refractivity contribution in [1.82, 2.24) is 4.57 Å². The average Bonchev–Trinajstić information content (AvgIpc) is 2.34. The van der Waals surface area contributed by atoms with Crippen LogP contribution in [0.1, 0.15) is 32.7 Å². The molecule has 1 saturated heterocycles. The van der Waals surface area contributed by atoms with Crippen LogP contribution in [0.25, 0.3) is 0 Å². The number of nitrogens with one attached hydrogen (secondary N) is 1. The van der Waals surface area contributed by atoms with Gasteiger partial charge in [0.2, 0.25) is 0 Å². The molecule has 1 N–H and O–H groups in total. The summed E-state index contributed by atoms with van der Waals surface area (Å²) >= 11 is 6.09. The predicted molar refractivity (Wildman–Crippen MR) is 73.6 cm³/mol. The van der Waals surface area contributed by atoms with E-state index in [0.29, 0.717) is 23.9 Å². The Morgan fingerprint density at radius 3 is 2.72 bits per heavy atom. The smallest absolute Gasteiger partial charge is 0.274 e. The maximum Gasteiger partial charge on any atom is 0.274 e. The molecular formula is C13H19ClN2O2. The number of rotatable bonds is 3. The topological polar surface area (TPSA) is 43.3 Å². The lowest BCUT2D eigenvalue weighted by molar-refractivity contribution is 0.0687. The number of pyridine rings is 1. The lowest BCUT2D eigenvalue weighted by Crippen LogP contribution is -2.31. The van der Waals surface area contributed by atoms with Crippen LogP contribution in [-0.2, 0) is 4.74 Å². The molecule has 0 bridgehead atoms. The molecule has 0 aromatic carbocycles. The van der Waals surface area contributed by atoms with Crippen molar-refractivity contribution < 1.29 is 4.74 Å². The van der Waals surface area contributed by atoms with Gasteiger partial charge in [0.05, 0.1) is 5.02 Å². The molecule has 0 spiro atoms. The van der Waals surface area contributed by atoms with Gasteiger partial charge in [-0.25, -0.2) is 0 Å². The van der Waals surface area contributed by atoms with E-state index < -0.39 is 0 Å². The van der Waals surface area contributed by atoms with E-state index in [4.69, 9.17) is 16.3 Å². The molecule has 4 nitrogen and oxygen atoms in total. The molecule has 1 aromatic heterocycles. The van der Waals surface area contributed by atoms with Crippen molar-refractivity contribution in [1.29, 1.82) is 0 Å². The number of ether oxygens (including phenoxy) is 1. The molecule has 0 saturated carbocycles. The second kappa shape index (κ2) is 5.76. The van der Waals surface area contributed by atoms with Gasteiger partial charge in [-0.1, -0.05) is 11.6 Å². The summed E-state index contributed by atoms with van der Waals surface area (Å²) in [5.74, 6) is 0. The predicted octanol–water partition coefficient (Wildman–Crippen LogP) is 2.67. The highest BCUT2D eigenvalue weighted by Gasteiger charge is 2.18. The Bertz CT molecular complexity index is 465. The van der Waals surface area contributed by atoms with Gasteiger partial charge in [-0.15, -0.1) is 0 Å². The van der Waals surface area contributed by atoms with Crippen molar-refractivity contribution in [3.05, 3.63) is 27.6 Å². The van der Waals surface area contributed by atoms with E-state index in [1.165, 1.54) is 0 Å². The van der Waals surface area contributed by atoms with E-state index in [-0.39, 0.29) is 17.6 Å². The van der Waals surface area contributed by atoms with E-state index in [2.05, 4.69) is 5.32 Å². The fourth-order valence-electron chi connectivity index (χ4n) is 2.22. The average molecular weight is 271 g/mol. The van der Waals surface area contributed by atoms with Crippen LogP contribution >= 0.6 is 11.6 Å². The fraction of sp³-hybridized carbons (Fsp3) is 0.615. The van der Waals surface area contributed by atoms with Crippen LogP contribution in [0.2, 0.25) is 5.02 Å². The molecule has 2 heterocycles. The van der Waals surface area contributed by atoms with Crippen molar-refractivity contribution in [3.8, 4) is 0 Å². The number of hydrogen-bond donors (Lipinski definition) is 1. The Balaban J connectivity index is 2.34. The molecule has 0 radical (unpaired) electrons. The summed E-state index contributed by atoms with van der Waals surface area (Å²) in [4.78, 5) is 12.4. The van der Waals surface area contributed by atoms with Gasteiger partial charge in [0, 0.05) is 31.5 Å². The van der Waals surface area contributed by atoms with Gasteiger partial charge < -0.3 is 14.6 Å². The molecule has 100 valence electrons. The SMILES string of the molecule is CC(C)Nc1cc(Cl)cn(C2CCOCC2)c1=O. The maximum absolute atomic E-state index is 12.4. The van der Waals surface area contributed by atoms with Crippen LogP contribution in [0.4, 0.5) is 5.69 Å². The standard InChI is InChI=1S/C13H19ClN2O2/c1-9(2)15-12-7-10(14)8-16(13(12)17)11-3-5-18-6-4-11/h7-9,11,15H,3-6H2,1-2H3. The Kier molecular flexibility index (Phi) is 4.30. The van der Waals surface area contributed by atoms with Crippen LogP contribution in [0.5, 0.6) is 0 Å². The van der Waals surface area contributed by atoms with Crippen LogP contribution in [0.15, 0.2) is 17.1 Å². The maximum atomic E-state index is 12.4. The van der Waals surface area contributed by atoms with Crippen LogP contribution in [0.3, 0.4) is 0 Å². The summed E-state index contributed by atoms with van der Waals surface area (Å²) in [6, 6.07) is 2.09. The molecule has 1 aliphatic heterocycles. The Morgan fingerprint density at radius 2 is 2.11 bits per heavy atom. The lowest BCUT2D eigenvalue weighted by Gasteiger charge is -2.25. The summed E-state index contributed by atoms with van der Waals surface area (Å²) in [5, 5.41) is 3.73. The van der Waals surface area contributed by atoms with Crippen LogP contribution in [-0.4, -0.2) is 23.8 Å². The first kappa shape index (κ1) is 13.4. The van der Waals surface area contributed by atoms with Gasteiger partial charge >= 0.3 is 0 Å². The summed E-state index contributed by atoms with van der Waals surface area (Å²) in [6.07, 6.45) is 3.45. The summed E-state index contributed by atoms with van der Waals surface area (Å²) in [6.45, 7) is 5.41. The Labute approximate surface area is 112 Å². The third-order valence-electron chi connectivity index (χ3n) is 3.04. The van der Waals surface area contributed by atoms with Crippen LogP contribution in [0, 0.1) is 0 Å². The van der Waals surface area contributed by atoms with Gasteiger partial charge in [0.1, 0.15) is 5.69 Å². The van der Waals surface area contributed by atoms with Crippen LogP contribution < -0.4 is 10.9 Å². The van der Waals surface area contributed by atoms with E-state index in [0.717, 1.165) is 12.8 Å². The lowest BCUT2D eigenvalue weighted by atomic mass is 10.1. The molecule has 5 heteroatoms. The second-order valence-electron chi connectivity index (χ2n) is 4.93. The summed E-state index contributed by atoms with van der Waals surface area (Å²) in [5.41, 5.74) is 0.573. The zero-order chi connectivity index (χ0) is 13.1. The second-order valence-corrected chi connectivity index (χ2v) is 5.36. The van der Waals surface area contributed by atoms with Gasteiger partial charge in [-0.2, -0.15) is 0 Å². The van der Waals surface area contributed by atoms with Gasteiger partial charge in [0.15, 0.2) is 0 Å². The molecule has 0 aliphatic carbocycles. The van der Waals surface area contributed by atoms with Gasteiger partial charge in [-0.05, 0) is 32.8 Å². The number of aromatic nitrogens is 1. The molecule has 2 rings (SSSR count). The molecule has 0 amide bonds. The first-order chi connectivity index (χ1) is 8.58. The fourth-order valence-corrected chi connectivity index (χ4v) is 2.43. The summed E-state index contributed by atoms with van der Waals surface area (Å²) < 4.78 is 7.07. The first-order valence-corrected chi connectivity index (χ1v) is 6.71. The Morgan fingerprint density at radius 1 is 1.44 bits per heavy atom. The van der Waals surface area contributed by atoms with E-state index in [9.17, 15) is 4.79 Å². The minimum Gasteiger partial charge on any atom is -0.381 e. The third-order valence-corrected chi connectivity index (χ3v) is 3.24. The highest BCUT2D eigenvalue weighted by molar-refractivity contribution is 6.30. The molecule has 18 heavy (non-hydrogen) atoms. The van der Waals surface area contributed by atoms with Crippen molar-refractivity contribution in [2.45, 2.75) is 38.8 Å². The first-order valence-electron chi connectivity index (χ1n) is 6.34. The number of halogens is 1. The van der Waals surface area contributed by atoms with E-state index in [1.54, 1.807) is 16.8 Å². The van der Waals surface area contributed by atoms with Crippen molar-refractivity contribution >= 4 is 17.3 Å². The van der Waals surface area contributed by atoms with Gasteiger partial charge in [0.25, 0.3) is 5.56 Å². The molecule has 0 atom stereocenters. The molecule has 1 aromatic rings. The number of nitrogens with zero attached hydrogens (tertiary/aromatic N) is 1. The zero-order valence-corrected chi connectivity index (χ0v) is 11.5. The zero-order valence-electron chi connectivity index (χ0n) is 10.8. The largest absolute Gasteiger partial charge is 0.381 e. The normalized spacial score (nSPS) is 17.1. The monoisotopic (exact) mass is 270 g/mol. The van der Waals surface area contributed by atoms with Crippen molar-refractivity contribution in [2.24, 2.45) is 0 Å². The molecule has 1 aliphatic rings. The minimum atomic E-state index is 0.000000000000000222. The number of hydrogen-bond acceptors (Lipinski definition) is 3. The van der Waals surface area contributed by atoms with Gasteiger partial charge in [-0.3, -0.25) is 4.79 Å². The molecule has 1 fully saturated rings. The van der Waals surface area contributed by atoms with E-state index in [1.807, 2.05) is 13.8 Å². The Hall–Kier alpha value is -1.00. The molecular weight excluding hydrogens is 252 g/mol. The number of anilines is 1. The highest BCUT2D eigenvalue weighted by Crippen LogP contribution is 2.22. The molecule has 0 unspecified atom stereocenters. The quantitative estimate of drug-likeness (QED) is 0.918. The third kappa shape index (κ3) is 3.06. The highest BCUT2D eigenvalue weighted by atomic mass is 35.5. The van der Waals surface area contributed by atoms with E-state index >= 15 is 0 Å². The minimum absolute atomic E-state index is 0.000000000000000222. The summed E-state index contributed by atoms with van der Waals surface area (Å²) in [7, 11) is 0. The van der Waals surface area contributed by atoms with Crippen molar-refractivity contribution in [3.63, 3.8) is 0 Å². The van der Waals surface area contributed by atoms with Crippen molar-refractivity contribution in [2.75, 3.05) is 18.5 Å².